The van der Waals surface area contributed by atoms with Crippen LogP contribution in [-0.4, -0.2) is 5.97 Å². The van der Waals surface area contributed by atoms with E-state index in [9.17, 15) is 4.79 Å². The molecule has 0 spiro atoms. The van der Waals surface area contributed by atoms with Gasteiger partial charge in [-0.3, -0.25) is 0 Å². The molecule has 0 amide bonds. The molecule has 1 aromatic rings. The van der Waals surface area contributed by atoms with Crippen LogP contribution in [0.15, 0.2) is 36.9 Å². The van der Waals surface area contributed by atoms with Crippen molar-refractivity contribution in [2.75, 3.05) is 0 Å². The Morgan fingerprint density at radius 3 is 2.85 bits per heavy atom. The fourth-order valence-corrected chi connectivity index (χ4v) is 1.01. The number of esters is 1. The fourth-order valence-electron chi connectivity index (χ4n) is 0.823. The molecule has 0 radical (unpaired) electrons. The van der Waals surface area contributed by atoms with Crippen LogP contribution in [0.1, 0.15) is 5.56 Å². The molecule has 0 aliphatic carbocycles. The highest BCUT2D eigenvalue weighted by molar-refractivity contribution is 6.31. The predicted molar refractivity (Wildman–Crippen MR) is 51.4 cm³/mol. The number of rotatable bonds is 3. The Hall–Kier alpha value is -1.28. The monoisotopic (exact) mass is 196 g/mol. The van der Waals surface area contributed by atoms with Crippen LogP contribution in [0.2, 0.25) is 5.02 Å². The summed E-state index contributed by atoms with van der Waals surface area (Å²) in [5.41, 5.74) is 0.791. The molecule has 0 aliphatic heterocycles. The molecule has 1 rings (SSSR count). The van der Waals surface area contributed by atoms with Crippen LogP contribution in [0.25, 0.3) is 0 Å². The third-order valence-electron chi connectivity index (χ3n) is 1.49. The SMILES string of the molecule is C=CC(=O)OCc1ccccc1Cl. The van der Waals surface area contributed by atoms with Crippen LogP contribution in [0.3, 0.4) is 0 Å². The molecule has 0 atom stereocenters. The minimum absolute atomic E-state index is 0.185. The molecule has 0 fully saturated rings. The number of halogens is 1. The minimum Gasteiger partial charge on any atom is -0.458 e. The molecule has 0 bridgehead atoms. The van der Waals surface area contributed by atoms with Gasteiger partial charge < -0.3 is 4.74 Å². The molecule has 3 heteroatoms. The minimum atomic E-state index is -0.445. The number of hydrogen-bond acceptors (Lipinski definition) is 2. The molecule has 0 unspecified atom stereocenters. The van der Waals surface area contributed by atoms with Gasteiger partial charge in [0.1, 0.15) is 6.61 Å². The number of carbonyl (C=O) groups excluding carboxylic acids is 1. The second-order valence-electron chi connectivity index (χ2n) is 2.40. The highest BCUT2D eigenvalue weighted by Crippen LogP contribution is 2.15. The van der Waals surface area contributed by atoms with Crippen molar-refractivity contribution >= 4 is 17.6 Å². The summed E-state index contributed by atoms with van der Waals surface area (Å²) in [5, 5.41) is 0.597. The third-order valence-corrected chi connectivity index (χ3v) is 1.86. The van der Waals surface area contributed by atoms with E-state index < -0.39 is 5.97 Å². The molecule has 0 saturated carbocycles. The maximum absolute atomic E-state index is 10.7. The lowest BCUT2D eigenvalue weighted by Gasteiger charge is -2.03. The summed E-state index contributed by atoms with van der Waals surface area (Å²) in [4.78, 5) is 10.7. The Kier molecular flexibility index (Phi) is 3.53. The first-order valence-corrected chi connectivity index (χ1v) is 4.14. The molecule has 2 nitrogen and oxygen atoms in total. The van der Waals surface area contributed by atoms with Crippen LogP contribution < -0.4 is 0 Å². The van der Waals surface area contributed by atoms with Crippen LogP contribution in [0, 0.1) is 0 Å². The summed E-state index contributed by atoms with van der Waals surface area (Å²) in [6.07, 6.45) is 1.12. The molecular weight excluding hydrogens is 188 g/mol. The van der Waals surface area contributed by atoms with Crippen LogP contribution in [-0.2, 0) is 16.1 Å². The van der Waals surface area contributed by atoms with Crippen molar-refractivity contribution in [1.82, 2.24) is 0 Å². The van der Waals surface area contributed by atoms with Gasteiger partial charge in [0.05, 0.1) is 0 Å². The molecule has 0 aromatic heterocycles. The molecule has 0 aliphatic rings. The standard InChI is InChI=1S/C10H9ClO2/c1-2-10(12)13-7-8-5-3-4-6-9(8)11/h2-6H,1,7H2. The number of ether oxygens (including phenoxy) is 1. The average Bonchev–Trinajstić information content (AvgIpc) is 2.16. The lowest BCUT2D eigenvalue weighted by atomic mass is 10.2. The topological polar surface area (TPSA) is 26.3 Å². The number of hydrogen-bond donors (Lipinski definition) is 0. The Morgan fingerprint density at radius 1 is 1.54 bits per heavy atom. The zero-order valence-electron chi connectivity index (χ0n) is 7.00. The van der Waals surface area contributed by atoms with Gasteiger partial charge in [0.15, 0.2) is 0 Å². The Morgan fingerprint density at radius 2 is 2.23 bits per heavy atom. The van der Waals surface area contributed by atoms with Gasteiger partial charge in [0, 0.05) is 16.7 Å². The highest BCUT2D eigenvalue weighted by Gasteiger charge is 2.00. The van der Waals surface area contributed by atoms with Gasteiger partial charge in [0.25, 0.3) is 0 Å². The Labute approximate surface area is 81.8 Å². The normalized spacial score (nSPS) is 9.31. The first-order valence-electron chi connectivity index (χ1n) is 3.76. The van der Waals surface area contributed by atoms with Crippen molar-refractivity contribution in [1.29, 1.82) is 0 Å². The molecule has 68 valence electrons. The van der Waals surface area contributed by atoms with Crippen LogP contribution in [0.4, 0.5) is 0 Å². The van der Waals surface area contributed by atoms with Crippen molar-refractivity contribution in [2.24, 2.45) is 0 Å². The summed E-state index contributed by atoms with van der Waals surface area (Å²) < 4.78 is 4.82. The number of benzene rings is 1. The molecule has 1 aromatic carbocycles. The summed E-state index contributed by atoms with van der Waals surface area (Å²) in [5.74, 6) is -0.445. The highest BCUT2D eigenvalue weighted by atomic mass is 35.5. The van der Waals surface area contributed by atoms with E-state index in [4.69, 9.17) is 16.3 Å². The molecule has 0 saturated heterocycles. The van der Waals surface area contributed by atoms with Crippen LogP contribution >= 0.6 is 11.6 Å². The quantitative estimate of drug-likeness (QED) is 0.549. The van der Waals surface area contributed by atoms with E-state index in [1.54, 1.807) is 12.1 Å². The van der Waals surface area contributed by atoms with Gasteiger partial charge in [0.2, 0.25) is 0 Å². The Bertz CT molecular complexity index is 320. The van der Waals surface area contributed by atoms with Crippen molar-refractivity contribution in [3.05, 3.63) is 47.5 Å². The molecule has 13 heavy (non-hydrogen) atoms. The van der Waals surface area contributed by atoms with Crippen molar-refractivity contribution in [3.8, 4) is 0 Å². The lowest BCUT2D eigenvalue weighted by Crippen LogP contribution is -2.00. The average molecular weight is 197 g/mol. The molecule has 0 N–H and O–H groups in total. The summed E-state index contributed by atoms with van der Waals surface area (Å²) in [6.45, 7) is 3.47. The van der Waals surface area contributed by atoms with E-state index in [-0.39, 0.29) is 6.61 Å². The van der Waals surface area contributed by atoms with Gasteiger partial charge >= 0.3 is 5.97 Å². The van der Waals surface area contributed by atoms with Gasteiger partial charge in [-0.15, -0.1) is 0 Å². The lowest BCUT2D eigenvalue weighted by molar-refractivity contribution is -0.138. The molecule has 0 heterocycles. The fraction of sp³-hybridized carbons (Fsp3) is 0.100. The zero-order valence-corrected chi connectivity index (χ0v) is 7.75. The van der Waals surface area contributed by atoms with E-state index in [0.29, 0.717) is 5.02 Å². The second-order valence-corrected chi connectivity index (χ2v) is 2.81. The third kappa shape index (κ3) is 2.92. The van der Waals surface area contributed by atoms with Crippen molar-refractivity contribution < 1.29 is 9.53 Å². The van der Waals surface area contributed by atoms with E-state index in [1.807, 2.05) is 12.1 Å². The van der Waals surface area contributed by atoms with Gasteiger partial charge in [-0.05, 0) is 6.07 Å². The van der Waals surface area contributed by atoms with Crippen LogP contribution in [0.5, 0.6) is 0 Å². The van der Waals surface area contributed by atoms with E-state index >= 15 is 0 Å². The number of carbonyl (C=O) groups is 1. The second kappa shape index (κ2) is 4.67. The predicted octanol–water partition coefficient (Wildman–Crippen LogP) is 2.57. The maximum Gasteiger partial charge on any atom is 0.330 e. The van der Waals surface area contributed by atoms with Gasteiger partial charge in [-0.25, -0.2) is 4.79 Å². The Balaban J connectivity index is 2.59. The van der Waals surface area contributed by atoms with Gasteiger partial charge in [-0.1, -0.05) is 36.4 Å². The van der Waals surface area contributed by atoms with E-state index in [0.717, 1.165) is 11.6 Å². The van der Waals surface area contributed by atoms with E-state index in [2.05, 4.69) is 6.58 Å². The molecular formula is C10H9ClO2. The van der Waals surface area contributed by atoms with Crippen molar-refractivity contribution in [2.45, 2.75) is 6.61 Å². The van der Waals surface area contributed by atoms with Crippen molar-refractivity contribution in [3.63, 3.8) is 0 Å². The van der Waals surface area contributed by atoms with Gasteiger partial charge in [-0.2, -0.15) is 0 Å². The maximum atomic E-state index is 10.7. The summed E-state index contributed by atoms with van der Waals surface area (Å²) >= 11 is 5.83. The van der Waals surface area contributed by atoms with E-state index in [1.165, 1.54) is 0 Å². The summed E-state index contributed by atoms with van der Waals surface area (Å²) in [6, 6.07) is 7.21. The largest absolute Gasteiger partial charge is 0.458 e. The first kappa shape index (κ1) is 9.81. The zero-order chi connectivity index (χ0) is 9.68. The summed E-state index contributed by atoms with van der Waals surface area (Å²) in [7, 11) is 0. The smallest absolute Gasteiger partial charge is 0.330 e. The first-order chi connectivity index (χ1) is 6.24.